The first kappa shape index (κ1) is 15.0. The molecule has 4 heteroatoms. The lowest BCUT2D eigenvalue weighted by Crippen LogP contribution is -2.49. The molecule has 1 fully saturated rings. The molecule has 18 heavy (non-hydrogen) atoms. The Hall–Kier alpha value is -1.06. The van der Waals surface area contributed by atoms with E-state index in [1.165, 1.54) is 0 Å². The van der Waals surface area contributed by atoms with Gasteiger partial charge in [-0.25, -0.2) is 4.79 Å². The second-order valence-electron chi connectivity index (χ2n) is 7.30. The zero-order valence-electron chi connectivity index (χ0n) is 12.5. The molecule has 0 spiro atoms. The van der Waals surface area contributed by atoms with Gasteiger partial charge in [0.15, 0.2) is 5.78 Å². The molecule has 3 atom stereocenters. The first-order chi connectivity index (χ1) is 7.94. The van der Waals surface area contributed by atoms with Gasteiger partial charge in [-0.3, -0.25) is 4.79 Å². The highest BCUT2D eigenvalue weighted by Crippen LogP contribution is 2.33. The van der Waals surface area contributed by atoms with Crippen LogP contribution in [0, 0.1) is 16.7 Å². The third-order valence-electron chi connectivity index (χ3n) is 3.70. The van der Waals surface area contributed by atoms with Crippen molar-refractivity contribution in [2.75, 3.05) is 0 Å². The number of rotatable bonds is 2. The van der Waals surface area contributed by atoms with Crippen LogP contribution in [0.4, 0.5) is 4.79 Å². The van der Waals surface area contributed by atoms with Crippen LogP contribution in [0.5, 0.6) is 0 Å². The number of amides is 1. The van der Waals surface area contributed by atoms with E-state index >= 15 is 0 Å². The summed E-state index contributed by atoms with van der Waals surface area (Å²) in [6.45, 7) is 13.9. The molecule has 1 saturated heterocycles. The van der Waals surface area contributed by atoms with Gasteiger partial charge >= 0.3 is 6.09 Å². The van der Waals surface area contributed by atoms with E-state index in [9.17, 15) is 9.59 Å². The maximum Gasteiger partial charge on any atom is 0.408 e. The number of ether oxygens (including phenoxy) is 1. The molecule has 104 valence electrons. The van der Waals surface area contributed by atoms with Crippen molar-refractivity contribution in [3.8, 4) is 0 Å². The molecule has 1 amide bonds. The lowest BCUT2D eigenvalue weighted by Gasteiger charge is -2.33. The van der Waals surface area contributed by atoms with Gasteiger partial charge in [0.25, 0.3) is 0 Å². The SMILES string of the molecule is C[C@@H](C(=O)C1NC(=O)OC1C(C)(C)C)C(C)(C)C. The zero-order chi connectivity index (χ0) is 14.3. The number of nitrogens with one attached hydrogen (secondary N) is 1. The van der Waals surface area contributed by atoms with Crippen molar-refractivity contribution in [3.05, 3.63) is 0 Å². The second-order valence-corrected chi connectivity index (χ2v) is 7.30. The van der Waals surface area contributed by atoms with Crippen molar-refractivity contribution in [1.82, 2.24) is 5.32 Å². The highest BCUT2D eigenvalue weighted by molar-refractivity contribution is 5.92. The number of hydrogen-bond donors (Lipinski definition) is 1. The smallest absolute Gasteiger partial charge is 0.408 e. The predicted molar refractivity (Wildman–Crippen MR) is 70.3 cm³/mol. The molecular weight excluding hydrogens is 230 g/mol. The lowest BCUT2D eigenvalue weighted by molar-refractivity contribution is -0.129. The fraction of sp³-hybridized carbons (Fsp3) is 0.857. The number of carbonyl (C=O) groups excluding carboxylic acids is 2. The largest absolute Gasteiger partial charge is 0.443 e. The predicted octanol–water partition coefficient (Wildman–Crippen LogP) is 2.76. The van der Waals surface area contributed by atoms with E-state index in [1.807, 2.05) is 48.5 Å². The molecule has 4 nitrogen and oxygen atoms in total. The summed E-state index contributed by atoms with van der Waals surface area (Å²) >= 11 is 0. The topological polar surface area (TPSA) is 55.4 Å². The van der Waals surface area contributed by atoms with Crippen molar-refractivity contribution in [2.45, 2.75) is 60.6 Å². The van der Waals surface area contributed by atoms with Crippen LogP contribution in [-0.4, -0.2) is 24.0 Å². The first-order valence-electron chi connectivity index (χ1n) is 6.45. The van der Waals surface area contributed by atoms with Crippen molar-refractivity contribution in [2.24, 2.45) is 16.7 Å². The molecule has 1 aliphatic heterocycles. The van der Waals surface area contributed by atoms with Gasteiger partial charge in [-0.05, 0) is 5.41 Å². The van der Waals surface area contributed by atoms with Gasteiger partial charge in [0.05, 0.1) is 0 Å². The van der Waals surface area contributed by atoms with E-state index in [0.29, 0.717) is 0 Å². The van der Waals surface area contributed by atoms with Crippen molar-refractivity contribution < 1.29 is 14.3 Å². The molecule has 0 aliphatic carbocycles. The molecule has 0 aromatic heterocycles. The van der Waals surface area contributed by atoms with Crippen molar-refractivity contribution in [3.63, 3.8) is 0 Å². The quantitative estimate of drug-likeness (QED) is 0.825. The van der Waals surface area contributed by atoms with Gasteiger partial charge in [-0.1, -0.05) is 48.5 Å². The van der Waals surface area contributed by atoms with Crippen LogP contribution < -0.4 is 5.32 Å². The normalized spacial score (nSPS) is 26.5. The van der Waals surface area contributed by atoms with E-state index in [0.717, 1.165) is 0 Å². The van der Waals surface area contributed by atoms with Gasteiger partial charge < -0.3 is 10.1 Å². The molecular formula is C14H25NO3. The number of alkyl carbamates (subject to hydrolysis) is 1. The fourth-order valence-electron chi connectivity index (χ4n) is 2.01. The molecule has 1 heterocycles. The Labute approximate surface area is 109 Å². The third-order valence-corrected chi connectivity index (χ3v) is 3.70. The summed E-state index contributed by atoms with van der Waals surface area (Å²) in [5.41, 5.74) is -0.371. The summed E-state index contributed by atoms with van der Waals surface area (Å²) in [5, 5.41) is 2.65. The number of Topliss-reactive ketones (excluding diaryl/α,β-unsaturated/α-hetero) is 1. The fourth-order valence-corrected chi connectivity index (χ4v) is 2.01. The maximum absolute atomic E-state index is 12.5. The summed E-state index contributed by atoms with van der Waals surface area (Å²) in [7, 11) is 0. The summed E-state index contributed by atoms with van der Waals surface area (Å²) < 4.78 is 5.25. The Kier molecular flexibility index (Phi) is 3.80. The van der Waals surface area contributed by atoms with E-state index < -0.39 is 18.2 Å². The molecule has 0 saturated carbocycles. The number of carbonyl (C=O) groups is 2. The van der Waals surface area contributed by atoms with Crippen molar-refractivity contribution >= 4 is 11.9 Å². The van der Waals surface area contributed by atoms with Gasteiger partial charge in [0.2, 0.25) is 0 Å². The van der Waals surface area contributed by atoms with Crippen LogP contribution in [0.15, 0.2) is 0 Å². The average Bonchev–Trinajstić information content (AvgIpc) is 2.56. The minimum Gasteiger partial charge on any atom is -0.443 e. The summed E-state index contributed by atoms with van der Waals surface area (Å²) in [6, 6.07) is -0.535. The molecule has 1 rings (SSSR count). The Bertz CT molecular complexity index is 349. The van der Waals surface area contributed by atoms with E-state index in [1.54, 1.807) is 0 Å². The second kappa shape index (κ2) is 4.56. The van der Waals surface area contributed by atoms with E-state index in [4.69, 9.17) is 4.74 Å². The van der Waals surface area contributed by atoms with Gasteiger partial charge in [0, 0.05) is 11.3 Å². The molecule has 0 aromatic rings. The molecule has 2 unspecified atom stereocenters. The van der Waals surface area contributed by atoms with Crippen LogP contribution in [0.2, 0.25) is 0 Å². The average molecular weight is 255 g/mol. The summed E-state index contributed by atoms with van der Waals surface area (Å²) in [5.74, 6) is -0.0809. The van der Waals surface area contributed by atoms with Gasteiger partial charge in [-0.15, -0.1) is 0 Å². The van der Waals surface area contributed by atoms with Crippen LogP contribution in [0.25, 0.3) is 0 Å². The molecule has 1 N–H and O–H groups in total. The van der Waals surface area contributed by atoms with Gasteiger partial charge in [-0.2, -0.15) is 0 Å². The third kappa shape index (κ3) is 3.03. The molecule has 0 radical (unpaired) electrons. The monoisotopic (exact) mass is 255 g/mol. The standard InChI is InChI=1S/C14H25NO3/c1-8(13(2,3)4)10(16)9-11(14(5,6)7)18-12(17)15-9/h8-9,11H,1-7H3,(H,15,17)/t8-,9?,11?/m0/s1. The minimum atomic E-state index is -0.535. The minimum absolute atomic E-state index is 0.0493. The number of cyclic esters (lactones) is 1. The molecule has 1 aliphatic rings. The van der Waals surface area contributed by atoms with E-state index in [2.05, 4.69) is 5.32 Å². The Morgan fingerprint density at radius 3 is 2.11 bits per heavy atom. The zero-order valence-corrected chi connectivity index (χ0v) is 12.5. The Morgan fingerprint density at radius 2 is 1.72 bits per heavy atom. The lowest BCUT2D eigenvalue weighted by atomic mass is 9.74. The van der Waals surface area contributed by atoms with Crippen molar-refractivity contribution in [1.29, 1.82) is 0 Å². The van der Waals surface area contributed by atoms with Crippen LogP contribution in [0.3, 0.4) is 0 Å². The van der Waals surface area contributed by atoms with Gasteiger partial charge in [0.1, 0.15) is 12.1 Å². The summed E-state index contributed by atoms with van der Waals surface area (Å²) in [4.78, 5) is 23.9. The van der Waals surface area contributed by atoms with Crippen LogP contribution in [-0.2, 0) is 9.53 Å². The highest BCUT2D eigenvalue weighted by atomic mass is 16.6. The summed E-state index contributed by atoms with van der Waals surface area (Å²) in [6.07, 6.45) is -0.892. The first-order valence-corrected chi connectivity index (χ1v) is 6.45. The Balaban J connectivity index is 2.94. The van der Waals surface area contributed by atoms with E-state index in [-0.39, 0.29) is 22.5 Å². The molecule has 0 bridgehead atoms. The maximum atomic E-state index is 12.5. The van der Waals surface area contributed by atoms with Crippen LogP contribution >= 0.6 is 0 Å². The highest BCUT2D eigenvalue weighted by Gasteiger charge is 2.47. The number of ketones is 1. The number of hydrogen-bond acceptors (Lipinski definition) is 3. The Morgan fingerprint density at radius 1 is 1.22 bits per heavy atom. The molecule has 0 aromatic carbocycles. The van der Waals surface area contributed by atoms with Crippen LogP contribution in [0.1, 0.15) is 48.5 Å².